The summed E-state index contributed by atoms with van der Waals surface area (Å²) in [5.41, 5.74) is 6.71. The lowest BCUT2D eigenvalue weighted by atomic mass is 10.1. The third kappa shape index (κ3) is 5.36. The van der Waals surface area contributed by atoms with E-state index in [-0.39, 0.29) is 0 Å². The first-order chi connectivity index (χ1) is 12.7. The summed E-state index contributed by atoms with van der Waals surface area (Å²) in [6.07, 6.45) is 5.49. The Bertz CT molecular complexity index is 713. The van der Waals surface area contributed by atoms with E-state index in [1.54, 1.807) is 6.20 Å². The zero-order valence-corrected chi connectivity index (χ0v) is 16.2. The molecule has 7 heteroatoms. The maximum atomic E-state index is 5.96. The Morgan fingerprint density at radius 3 is 2.54 bits per heavy atom. The summed E-state index contributed by atoms with van der Waals surface area (Å²) < 4.78 is 6.57. The van der Waals surface area contributed by atoms with Crippen LogP contribution in [0, 0.1) is 0 Å². The number of halogens is 1. The van der Waals surface area contributed by atoms with Crippen molar-refractivity contribution < 1.29 is 9.57 Å². The van der Waals surface area contributed by atoms with Crippen LogP contribution in [0.1, 0.15) is 24.8 Å². The number of nitrogens with two attached hydrogens (primary N) is 1. The molecule has 1 aliphatic heterocycles. The Morgan fingerprint density at radius 2 is 1.85 bits per heavy atom. The first-order valence-electron chi connectivity index (χ1n) is 8.77. The van der Waals surface area contributed by atoms with Crippen molar-refractivity contribution in [3.63, 3.8) is 0 Å². The molecule has 3 rings (SSSR count). The third-order valence-electron chi connectivity index (χ3n) is 4.14. The number of rotatable bonds is 7. The van der Waals surface area contributed by atoms with Crippen LogP contribution in [0.4, 0.5) is 5.82 Å². The Labute approximate surface area is 162 Å². The van der Waals surface area contributed by atoms with Crippen LogP contribution in [-0.2, 0) is 4.84 Å². The van der Waals surface area contributed by atoms with Crippen LogP contribution in [0.3, 0.4) is 0 Å². The molecule has 2 heterocycles. The molecule has 0 saturated carbocycles. The van der Waals surface area contributed by atoms with Gasteiger partial charge in [-0.1, -0.05) is 21.1 Å². The molecule has 1 fully saturated rings. The van der Waals surface area contributed by atoms with E-state index < -0.39 is 0 Å². The topological polar surface area (TPSA) is 73.0 Å². The SMILES string of the molecule is N/C(=N/OCCOc1ccc(Br)cc1)c1ccc(N2CCCCC2)nc1. The van der Waals surface area contributed by atoms with Gasteiger partial charge in [0.05, 0.1) is 0 Å². The Hall–Kier alpha value is -2.28. The van der Waals surface area contributed by atoms with Gasteiger partial charge < -0.3 is 20.2 Å². The average Bonchev–Trinajstić information content (AvgIpc) is 2.70. The molecule has 2 N–H and O–H groups in total. The van der Waals surface area contributed by atoms with Crippen LogP contribution in [-0.4, -0.2) is 37.1 Å². The molecule has 138 valence electrons. The molecule has 6 nitrogen and oxygen atoms in total. The molecule has 0 atom stereocenters. The molecule has 2 aromatic rings. The molecular formula is C19H23BrN4O2. The van der Waals surface area contributed by atoms with Gasteiger partial charge in [0.1, 0.15) is 18.2 Å². The molecule has 0 aliphatic carbocycles. The van der Waals surface area contributed by atoms with Crippen molar-refractivity contribution in [2.75, 3.05) is 31.2 Å². The quantitative estimate of drug-likeness (QED) is 0.322. The number of piperidine rings is 1. The zero-order valence-electron chi connectivity index (χ0n) is 14.6. The highest BCUT2D eigenvalue weighted by atomic mass is 79.9. The predicted molar refractivity (Wildman–Crippen MR) is 107 cm³/mol. The van der Waals surface area contributed by atoms with Crippen LogP contribution in [0.2, 0.25) is 0 Å². The minimum Gasteiger partial charge on any atom is -0.490 e. The van der Waals surface area contributed by atoms with Gasteiger partial charge in [-0.25, -0.2) is 4.98 Å². The smallest absolute Gasteiger partial charge is 0.171 e. The molecule has 1 aromatic heterocycles. The lowest BCUT2D eigenvalue weighted by Gasteiger charge is -2.27. The number of benzene rings is 1. The number of oxime groups is 1. The molecule has 1 aliphatic rings. The molecule has 0 radical (unpaired) electrons. The van der Waals surface area contributed by atoms with Crippen molar-refractivity contribution >= 4 is 27.6 Å². The highest BCUT2D eigenvalue weighted by Gasteiger charge is 2.12. The molecule has 26 heavy (non-hydrogen) atoms. The number of aromatic nitrogens is 1. The predicted octanol–water partition coefficient (Wildman–Crippen LogP) is 3.55. The van der Waals surface area contributed by atoms with E-state index >= 15 is 0 Å². The highest BCUT2D eigenvalue weighted by molar-refractivity contribution is 9.10. The number of ether oxygens (including phenoxy) is 1. The van der Waals surface area contributed by atoms with Crippen molar-refractivity contribution in [2.24, 2.45) is 10.9 Å². The second kappa shape index (κ2) is 9.43. The van der Waals surface area contributed by atoms with Gasteiger partial charge in [0.15, 0.2) is 12.4 Å². The van der Waals surface area contributed by atoms with Gasteiger partial charge in [0, 0.05) is 29.3 Å². The van der Waals surface area contributed by atoms with Crippen LogP contribution in [0.15, 0.2) is 52.2 Å². The summed E-state index contributed by atoms with van der Waals surface area (Å²) in [6.45, 7) is 2.84. The maximum Gasteiger partial charge on any atom is 0.171 e. The van der Waals surface area contributed by atoms with E-state index in [4.69, 9.17) is 15.3 Å². The zero-order chi connectivity index (χ0) is 18.2. The molecule has 1 saturated heterocycles. The summed E-state index contributed by atoms with van der Waals surface area (Å²) >= 11 is 3.38. The first kappa shape index (κ1) is 18.5. The number of hydrogen-bond acceptors (Lipinski definition) is 5. The highest BCUT2D eigenvalue weighted by Crippen LogP contribution is 2.18. The number of anilines is 1. The largest absolute Gasteiger partial charge is 0.490 e. The summed E-state index contributed by atoms with van der Waals surface area (Å²) in [4.78, 5) is 12.0. The van der Waals surface area contributed by atoms with Crippen LogP contribution in [0.5, 0.6) is 5.75 Å². The third-order valence-corrected chi connectivity index (χ3v) is 4.67. The average molecular weight is 419 g/mol. The van der Waals surface area contributed by atoms with Gasteiger partial charge in [-0.3, -0.25) is 0 Å². The molecule has 0 bridgehead atoms. The molecular weight excluding hydrogens is 396 g/mol. The van der Waals surface area contributed by atoms with E-state index in [0.717, 1.165) is 34.7 Å². The minimum absolute atomic E-state index is 0.311. The van der Waals surface area contributed by atoms with Gasteiger partial charge in [0.2, 0.25) is 0 Å². The van der Waals surface area contributed by atoms with Crippen LogP contribution in [0.25, 0.3) is 0 Å². The molecule has 0 spiro atoms. The Balaban J connectivity index is 1.44. The number of pyridine rings is 1. The lowest BCUT2D eigenvalue weighted by Crippen LogP contribution is -2.30. The number of amidine groups is 1. The van der Waals surface area contributed by atoms with E-state index in [1.165, 1.54) is 19.3 Å². The van der Waals surface area contributed by atoms with E-state index in [9.17, 15) is 0 Å². The van der Waals surface area contributed by atoms with Gasteiger partial charge in [0.25, 0.3) is 0 Å². The van der Waals surface area contributed by atoms with E-state index in [2.05, 4.69) is 31.0 Å². The fraction of sp³-hybridized carbons (Fsp3) is 0.368. The van der Waals surface area contributed by atoms with Gasteiger partial charge in [-0.2, -0.15) is 0 Å². The van der Waals surface area contributed by atoms with Crippen molar-refractivity contribution in [3.8, 4) is 5.75 Å². The minimum atomic E-state index is 0.311. The normalized spacial score (nSPS) is 15.0. The summed E-state index contributed by atoms with van der Waals surface area (Å²) in [5, 5.41) is 3.94. The fourth-order valence-corrected chi connectivity index (χ4v) is 3.01. The molecule has 0 amide bonds. The first-order valence-corrected chi connectivity index (χ1v) is 9.57. The Morgan fingerprint density at radius 1 is 1.08 bits per heavy atom. The number of hydrogen-bond donors (Lipinski definition) is 1. The van der Waals surface area contributed by atoms with Crippen LogP contribution < -0.4 is 15.4 Å². The monoisotopic (exact) mass is 418 g/mol. The van der Waals surface area contributed by atoms with E-state index in [0.29, 0.717) is 19.0 Å². The lowest BCUT2D eigenvalue weighted by molar-refractivity contribution is 0.107. The number of nitrogens with zero attached hydrogens (tertiary/aromatic N) is 3. The Kier molecular flexibility index (Phi) is 6.71. The fourth-order valence-electron chi connectivity index (χ4n) is 2.74. The van der Waals surface area contributed by atoms with Crippen molar-refractivity contribution in [1.29, 1.82) is 0 Å². The van der Waals surface area contributed by atoms with Crippen molar-refractivity contribution in [1.82, 2.24) is 4.98 Å². The summed E-state index contributed by atoms with van der Waals surface area (Å²) in [6, 6.07) is 11.5. The maximum absolute atomic E-state index is 5.96. The van der Waals surface area contributed by atoms with Crippen molar-refractivity contribution in [2.45, 2.75) is 19.3 Å². The summed E-state index contributed by atoms with van der Waals surface area (Å²) in [5.74, 6) is 2.09. The van der Waals surface area contributed by atoms with Crippen LogP contribution >= 0.6 is 15.9 Å². The van der Waals surface area contributed by atoms with Gasteiger partial charge >= 0.3 is 0 Å². The second-order valence-electron chi connectivity index (χ2n) is 6.06. The van der Waals surface area contributed by atoms with Gasteiger partial charge in [-0.15, -0.1) is 0 Å². The molecule has 1 aromatic carbocycles. The van der Waals surface area contributed by atoms with Crippen molar-refractivity contribution in [3.05, 3.63) is 52.6 Å². The standard InChI is InChI=1S/C19H23BrN4O2/c20-16-5-7-17(8-6-16)25-12-13-26-23-19(21)15-4-9-18(22-14-15)24-10-2-1-3-11-24/h4-9,14H,1-3,10-13H2,(H2,21,23). The summed E-state index contributed by atoms with van der Waals surface area (Å²) in [7, 11) is 0. The molecule has 0 unspecified atom stereocenters. The second-order valence-corrected chi connectivity index (χ2v) is 6.98. The van der Waals surface area contributed by atoms with Gasteiger partial charge in [-0.05, 0) is 55.7 Å². The van der Waals surface area contributed by atoms with E-state index in [1.807, 2.05) is 36.4 Å².